The first-order valence-corrected chi connectivity index (χ1v) is 7.63. The van der Waals surface area contributed by atoms with Gasteiger partial charge in [-0.3, -0.25) is 4.79 Å². The van der Waals surface area contributed by atoms with Crippen molar-refractivity contribution in [2.45, 2.75) is 6.61 Å². The van der Waals surface area contributed by atoms with Crippen molar-refractivity contribution in [2.75, 3.05) is 12.4 Å². The third-order valence-corrected chi connectivity index (χ3v) is 3.51. The Labute approximate surface area is 153 Å². The van der Waals surface area contributed by atoms with Gasteiger partial charge in [0.2, 0.25) is 0 Å². The van der Waals surface area contributed by atoms with E-state index in [4.69, 9.17) is 16.3 Å². The number of halogens is 3. The highest BCUT2D eigenvalue weighted by Gasteiger charge is 2.13. The molecule has 0 saturated carbocycles. The molecule has 0 bridgehead atoms. The van der Waals surface area contributed by atoms with Crippen LogP contribution in [0.15, 0.2) is 48.0 Å². The normalized spacial score (nSPS) is 11.0. The number of nitriles is 1. The van der Waals surface area contributed by atoms with Crippen molar-refractivity contribution < 1.29 is 23.0 Å². The van der Waals surface area contributed by atoms with Crippen LogP contribution in [0, 0.1) is 11.3 Å². The predicted molar refractivity (Wildman–Crippen MR) is 93.3 cm³/mol. The lowest BCUT2D eigenvalue weighted by atomic mass is 10.1. The van der Waals surface area contributed by atoms with E-state index >= 15 is 0 Å². The fourth-order valence-corrected chi connectivity index (χ4v) is 2.31. The number of hydrogen-bond donors (Lipinski definition) is 1. The minimum absolute atomic E-state index is 0.143. The van der Waals surface area contributed by atoms with E-state index < -0.39 is 12.5 Å². The zero-order valence-corrected chi connectivity index (χ0v) is 14.3. The second kappa shape index (κ2) is 8.83. The molecule has 1 N–H and O–H groups in total. The Kier molecular flexibility index (Phi) is 6.53. The Balaban J connectivity index is 2.25. The first-order chi connectivity index (χ1) is 12.4. The van der Waals surface area contributed by atoms with E-state index in [9.17, 15) is 18.8 Å². The van der Waals surface area contributed by atoms with Crippen LogP contribution >= 0.6 is 11.6 Å². The third kappa shape index (κ3) is 4.94. The summed E-state index contributed by atoms with van der Waals surface area (Å²) < 4.78 is 34.3. The molecule has 2 aromatic rings. The number of rotatable bonds is 6. The quantitative estimate of drug-likeness (QED) is 0.593. The molecule has 8 heteroatoms. The fraction of sp³-hybridized carbons (Fsp3) is 0.111. The monoisotopic (exact) mass is 378 g/mol. The highest BCUT2D eigenvalue weighted by molar-refractivity contribution is 6.32. The molecule has 0 unspecified atom stereocenters. The van der Waals surface area contributed by atoms with E-state index in [2.05, 4.69) is 10.1 Å². The van der Waals surface area contributed by atoms with E-state index in [1.54, 1.807) is 24.3 Å². The molecule has 0 saturated heterocycles. The number of methoxy groups -OCH3 is 1. The molecule has 2 aromatic carbocycles. The minimum atomic E-state index is -3.02. The van der Waals surface area contributed by atoms with Crippen LogP contribution in [0.2, 0.25) is 5.02 Å². The topological polar surface area (TPSA) is 71.3 Å². The second-order valence-electron chi connectivity index (χ2n) is 4.89. The summed E-state index contributed by atoms with van der Waals surface area (Å²) in [6.45, 7) is -3.02. The fourth-order valence-electron chi connectivity index (χ4n) is 2.05. The number of nitrogens with zero attached hydrogens (tertiary/aromatic N) is 1. The second-order valence-corrected chi connectivity index (χ2v) is 5.30. The van der Waals surface area contributed by atoms with E-state index in [0.29, 0.717) is 11.4 Å². The van der Waals surface area contributed by atoms with Gasteiger partial charge in [-0.2, -0.15) is 14.0 Å². The summed E-state index contributed by atoms with van der Waals surface area (Å²) in [5, 5.41) is 12.0. The molecule has 0 heterocycles. The molecule has 1 amide bonds. The van der Waals surface area contributed by atoms with Crippen LogP contribution in [0.5, 0.6) is 11.5 Å². The number of alkyl halides is 2. The number of carbonyl (C=O) groups is 1. The Morgan fingerprint density at radius 3 is 2.62 bits per heavy atom. The predicted octanol–water partition coefficient (Wildman–Crippen LogP) is 4.50. The highest BCUT2D eigenvalue weighted by Crippen LogP contribution is 2.28. The number of carbonyl (C=O) groups excluding carboxylic acids is 1. The highest BCUT2D eigenvalue weighted by atomic mass is 35.5. The van der Waals surface area contributed by atoms with Gasteiger partial charge in [0, 0.05) is 11.3 Å². The van der Waals surface area contributed by atoms with Gasteiger partial charge in [0.1, 0.15) is 23.1 Å². The van der Waals surface area contributed by atoms with Crippen molar-refractivity contribution in [2.24, 2.45) is 0 Å². The zero-order chi connectivity index (χ0) is 19.1. The van der Waals surface area contributed by atoms with Crippen LogP contribution in [-0.2, 0) is 4.79 Å². The van der Waals surface area contributed by atoms with Gasteiger partial charge >= 0.3 is 6.61 Å². The van der Waals surface area contributed by atoms with Crippen LogP contribution < -0.4 is 14.8 Å². The van der Waals surface area contributed by atoms with Crippen molar-refractivity contribution in [3.8, 4) is 17.6 Å². The summed E-state index contributed by atoms with van der Waals surface area (Å²) >= 11 is 5.98. The van der Waals surface area contributed by atoms with Gasteiger partial charge in [0.05, 0.1) is 12.1 Å². The summed E-state index contributed by atoms with van der Waals surface area (Å²) in [4.78, 5) is 12.3. The van der Waals surface area contributed by atoms with Gasteiger partial charge in [-0.15, -0.1) is 0 Å². The largest absolute Gasteiger partial charge is 0.495 e. The number of nitrogens with one attached hydrogen (secondary N) is 1. The van der Waals surface area contributed by atoms with E-state index in [0.717, 1.165) is 6.08 Å². The minimum Gasteiger partial charge on any atom is -0.495 e. The summed E-state index contributed by atoms with van der Waals surface area (Å²) in [5.74, 6) is -0.435. The smallest absolute Gasteiger partial charge is 0.387 e. The Morgan fingerprint density at radius 2 is 2.00 bits per heavy atom. The van der Waals surface area contributed by atoms with Crippen LogP contribution in [-0.4, -0.2) is 19.6 Å². The van der Waals surface area contributed by atoms with Gasteiger partial charge in [-0.1, -0.05) is 29.8 Å². The number of hydrogen-bond acceptors (Lipinski definition) is 4. The summed E-state index contributed by atoms with van der Waals surface area (Å²) in [5.41, 5.74) is 0.230. The molecule has 0 fully saturated rings. The average molecular weight is 379 g/mol. The van der Waals surface area contributed by atoms with Crippen molar-refractivity contribution in [3.05, 3.63) is 58.6 Å². The van der Waals surface area contributed by atoms with E-state index in [1.807, 2.05) is 0 Å². The lowest BCUT2D eigenvalue weighted by molar-refractivity contribution is -0.112. The van der Waals surface area contributed by atoms with Crippen LogP contribution in [0.1, 0.15) is 5.56 Å². The zero-order valence-electron chi connectivity index (χ0n) is 13.5. The summed E-state index contributed by atoms with van der Waals surface area (Å²) in [7, 11) is 1.45. The molecule has 0 atom stereocenters. The van der Waals surface area contributed by atoms with E-state index in [-0.39, 0.29) is 21.9 Å². The molecule has 26 heavy (non-hydrogen) atoms. The van der Waals surface area contributed by atoms with E-state index in [1.165, 1.54) is 31.4 Å². The molecular formula is C18H13ClF2N2O3. The average Bonchev–Trinajstić information content (AvgIpc) is 2.60. The molecule has 0 spiro atoms. The van der Waals surface area contributed by atoms with Gasteiger partial charge < -0.3 is 14.8 Å². The molecule has 0 aliphatic rings. The lowest BCUT2D eigenvalue weighted by Crippen LogP contribution is -2.13. The molecular weight excluding hydrogens is 366 g/mol. The maximum absolute atomic E-state index is 12.5. The maximum Gasteiger partial charge on any atom is 0.387 e. The van der Waals surface area contributed by atoms with Gasteiger partial charge in [-0.05, 0) is 30.3 Å². The van der Waals surface area contributed by atoms with Crippen LogP contribution in [0.3, 0.4) is 0 Å². The SMILES string of the molecule is COc1ccc(NC(=O)/C(C#N)=C/c2ccccc2OC(F)F)cc1Cl. The molecule has 5 nitrogen and oxygen atoms in total. The molecule has 0 aliphatic carbocycles. The first-order valence-electron chi connectivity index (χ1n) is 7.25. The molecule has 134 valence electrons. The van der Waals surface area contributed by atoms with Gasteiger partial charge in [0.15, 0.2) is 0 Å². The van der Waals surface area contributed by atoms with Crippen LogP contribution in [0.4, 0.5) is 14.5 Å². The molecule has 0 aromatic heterocycles. The number of ether oxygens (including phenoxy) is 2. The van der Waals surface area contributed by atoms with Crippen molar-refractivity contribution in [3.63, 3.8) is 0 Å². The van der Waals surface area contributed by atoms with Crippen molar-refractivity contribution in [1.82, 2.24) is 0 Å². The summed E-state index contributed by atoms with van der Waals surface area (Å²) in [6, 6.07) is 12.1. The molecule has 0 aliphatic heterocycles. The first kappa shape index (κ1) is 19.2. The van der Waals surface area contributed by atoms with Crippen molar-refractivity contribution in [1.29, 1.82) is 5.26 Å². The Hall–Kier alpha value is -3.11. The van der Waals surface area contributed by atoms with Crippen molar-refractivity contribution >= 4 is 29.3 Å². The lowest BCUT2D eigenvalue weighted by Gasteiger charge is -2.09. The van der Waals surface area contributed by atoms with Crippen LogP contribution in [0.25, 0.3) is 6.08 Å². The molecule has 0 radical (unpaired) electrons. The number of amides is 1. The maximum atomic E-state index is 12.5. The Morgan fingerprint density at radius 1 is 1.27 bits per heavy atom. The number of para-hydroxylation sites is 1. The molecule has 2 rings (SSSR count). The van der Waals surface area contributed by atoms with Gasteiger partial charge in [0.25, 0.3) is 5.91 Å². The summed E-state index contributed by atoms with van der Waals surface area (Å²) in [6.07, 6.45) is 1.16. The third-order valence-electron chi connectivity index (χ3n) is 3.21. The Bertz CT molecular complexity index is 879. The number of anilines is 1. The number of benzene rings is 2. The standard InChI is InChI=1S/C18H13ClF2N2O3/c1-25-16-7-6-13(9-14(16)19)23-17(24)12(10-22)8-11-4-2-3-5-15(11)26-18(20)21/h2-9,18H,1H3,(H,23,24)/b12-8+. The van der Waals surface area contributed by atoms with Gasteiger partial charge in [-0.25, -0.2) is 0 Å².